The molecule has 3 heterocycles. The van der Waals surface area contributed by atoms with Crippen LogP contribution >= 0.6 is 0 Å². The van der Waals surface area contributed by atoms with Gasteiger partial charge in [-0.3, -0.25) is 15.0 Å². The van der Waals surface area contributed by atoms with E-state index in [1.807, 2.05) is 60.4 Å². The van der Waals surface area contributed by atoms with E-state index in [0.29, 0.717) is 31.1 Å². The van der Waals surface area contributed by atoms with E-state index in [-0.39, 0.29) is 29.6 Å². The maximum atomic E-state index is 13.2. The van der Waals surface area contributed by atoms with Gasteiger partial charge in [-0.2, -0.15) is 0 Å². The summed E-state index contributed by atoms with van der Waals surface area (Å²) in [5.74, 6) is 0.415. The zero-order valence-electron chi connectivity index (χ0n) is 22.2. The van der Waals surface area contributed by atoms with Crippen molar-refractivity contribution in [2.45, 2.75) is 31.1 Å². The summed E-state index contributed by atoms with van der Waals surface area (Å²) >= 11 is 0. The molecule has 2 aromatic carbocycles. The first kappa shape index (κ1) is 26.9. The van der Waals surface area contributed by atoms with Crippen LogP contribution in [0.5, 0.6) is 11.5 Å². The largest absolute Gasteiger partial charge is 0.457 e. The Morgan fingerprint density at radius 3 is 2.54 bits per heavy atom. The number of hydrogen-bond acceptors (Lipinski definition) is 7. The van der Waals surface area contributed by atoms with Gasteiger partial charge in [0.15, 0.2) is 0 Å². The molecule has 0 bridgehead atoms. The lowest BCUT2D eigenvalue weighted by atomic mass is 9.86. The van der Waals surface area contributed by atoms with Gasteiger partial charge in [0, 0.05) is 43.9 Å². The van der Waals surface area contributed by atoms with Gasteiger partial charge in [-0.25, -0.2) is 9.82 Å². The van der Waals surface area contributed by atoms with E-state index in [1.165, 1.54) is 12.1 Å². The van der Waals surface area contributed by atoms with Crippen LogP contribution in [-0.2, 0) is 9.59 Å². The molecule has 0 aliphatic carbocycles. The summed E-state index contributed by atoms with van der Waals surface area (Å²) in [6.07, 6.45) is 6.81. The van der Waals surface area contributed by atoms with Gasteiger partial charge in [-0.05, 0) is 74.5 Å². The van der Waals surface area contributed by atoms with Crippen LogP contribution in [-0.4, -0.2) is 78.5 Å². The van der Waals surface area contributed by atoms with Crippen LogP contribution in [0.1, 0.15) is 18.4 Å². The Labute approximate surface area is 228 Å². The van der Waals surface area contributed by atoms with E-state index in [9.17, 15) is 14.0 Å². The van der Waals surface area contributed by atoms with Crippen molar-refractivity contribution in [1.29, 1.82) is 0 Å². The molecule has 3 aliphatic rings. The van der Waals surface area contributed by atoms with Crippen molar-refractivity contribution in [3.8, 4) is 11.5 Å². The van der Waals surface area contributed by atoms with Crippen LogP contribution in [0, 0.1) is 11.7 Å². The van der Waals surface area contributed by atoms with E-state index in [2.05, 4.69) is 15.8 Å². The molecule has 0 radical (unpaired) electrons. The van der Waals surface area contributed by atoms with E-state index in [0.717, 1.165) is 24.0 Å². The van der Waals surface area contributed by atoms with Crippen molar-refractivity contribution in [2.24, 2.45) is 11.7 Å². The normalized spacial score (nSPS) is 25.1. The third-order valence-corrected chi connectivity index (χ3v) is 7.42. The molecule has 2 aromatic rings. The zero-order valence-corrected chi connectivity index (χ0v) is 22.2. The highest BCUT2D eigenvalue weighted by Crippen LogP contribution is 2.41. The number of fused-ring (bicyclic) bond motifs is 1. The average Bonchev–Trinajstić information content (AvgIpc) is 3.34. The van der Waals surface area contributed by atoms with E-state index < -0.39 is 12.2 Å². The lowest BCUT2D eigenvalue weighted by Crippen LogP contribution is -2.67. The van der Waals surface area contributed by atoms with Crippen LogP contribution in [0.3, 0.4) is 0 Å². The first-order valence-corrected chi connectivity index (χ1v) is 13.2. The third-order valence-electron chi connectivity index (χ3n) is 7.42. The number of piperidine rings is 1. The van der Waals surface area contributed by atoms with Crippen molar-refractivity contribution in [2.75, 3.05) is 33.7 Å². The monoisotopic (exact) mass is 534 g/mol. The van der Waals surface area contributed by atoms with E-state index >= 15 is 0 Å². The molecule has 4 N–H and O–H groups in total. The number of nitrogens with two attached hydrogens (primary N) is 1. The van der Waals surface area contributed by atoms with Gasteiger partial charge >= 0.3 is 0 Å². The number of likely N-dealkylation sites (N-methyl/N-ethyl adjacent to an activating group) is 1. The maximum absolute atomic E-state index is 13.2. The van der Waals surface area contributed by atoms with Gasteiger partial charge in [0.2, 0.25) is 5.91 Å². The summed E-state index contributed by atoms with van der Waals surface area (Å²) in [4.78, 5) is 31.9. The second-order valence-electron chi connectivity index (χ2n) is 10.5. The highest BCUT2D eigenvalue weighted by Gasteiger charge is 2.49. The van der Waals surface area contributed by atoms with Crippen molar-refractivity contribution in [1.82, 2.24) is 25.6 Å². The number of nitrogens with one attached hydrogen (secondary N) is 2. The fourth-order valence-electron chi connectivity index (χ4n) is 5.51. The summed E-state index contributed by atoms with van der Waals surface area (Å²) in [5.41, 5.74) is 14.0. The minimum absolute atomic E-state index is 0.00733. The summed E-state index contributed by atoms with van der Waals surface area (Å²) in [6, 6.07) is 12.9. The molecule has 3 aliphatic heterocycles. The fourth-order valence-corrected chi connectivity index (χ4v) is 5.51. The Hall–Kier alpha value is -3.73. The quantitative estimate of drug-likeness (QED) is 0.469. The summed E-state index contributed by atoms with van der Waals surface area (Å²) < 4.78 is 19.1. The zero-order chi connectivity index (χ0) is 27.5. The van der Waals surface area contributed by atoms with Gasteiger partial charge in [0.05, 0.1) is 6.17 Å². The topological polar surface area (TPSA) is 103 Å². The highest BCUT2D eigenvalue weighted by atomic mass is 19.1. The molecule has 2 amide bonds. The maximum Gasteiger partial charge on any atom is 0.257 e. The van der Waals surface area contributed by atoms with Crippen molar-refractivity contribution >= 4 is 17.4 Å². The van der Waals surface area contributed by atoms with Gasteiger partial charge in [0.25, 0.3) is 5.91 Å². The number of ether oxygens (including phenoxy) is 1. The van der Waals surface area contributed by atoms with Crippen molar-refractivity contribution in [3.63, 3.8) is 0 Å². The molecular weight excluding hydrogens is 499 g/mol. The van der Waals surface area contributed by atoms with Crippen LogP contribution in [0.4, 0.5) is 4.39 Å². The number of benzene rings is 2. The summed E-state index contributed by atoms with van der Waals surface area (Å²) in [6.45, 7) is 1.94. The van der Waals surface area contributed by atoms with Crippen LogP contribution in [0.25, 0.3) is 5.57 Å². The minimum Gasteiger partial charge on any atom is -0.457 e. The number of likely N-dealkylation sites (tertiary alicyclic amines) is 1. The summed E-state index contributed by atoms with van der Waals surface area (Å²) in [5, 5.41) is 0. The van der Waals surface area contributed by atoms with Gasteiger partial charge in [-0.15, -0.1) is 0 Å². The lowest BCUT2D eigenvalue weighted by Gasteiger charge is -2.43. The Bertz CT molecular complexity index is 1250. The Morgan fingerprint density at radius 2 is 1.85 bits per heavy atom. The molecule has 4 unspecified atom stereocenters. The molecule has 9 nitrogen and oxygen atoms in total. The second kappa shape index (κ2) is 11.6. The van der Waals surface area contributed by atoms with Crippen LogP contribution < -0.4 is 21.3 Å². The number of carbonyl (C=O) groups excluding carboxylic acids is 2. The fraction of sp³-hybridized carbons (Fsp3) is 0.379. The standard InChI is InChI=1S/C29H35FN6O3/c1-34(2)15-4-6-25(37)35-16-3-5-21(17-35)36-18-24(26-27(36)29(38)33-32-28(26)31)19-7-11-22(12-8-19)39-23-13-9-20(30)10-14-23/h4,6-14,18,21,26-28,32H,3,5,15-17,31H2,1-2H3,(H,33,38)/b6-4+. The Morgan fingerprint density at radius 1 is 1.15 bits per heavy atom. The van der Waals surface area contributed by atoms with Crippen LogP contribution in [0.2, 0.25) is 0 Å². The number of hydrogen-bond donors (Lipinski definition) is 3. The predicted octanol–water partition coefficient (Wildman–Crippen LogP) is 2.29. The molecule has 206 valence electrons. The number of rotatable bonds is 7. The van der Waals surface area contributed by atoms with Gasteiger partial charge < -0.3 is 25.2 Å². The molecule has 39 heavy (non-hydrogen) atoms. The van der Waals surface area contributed by atoms with Gasteiger partial charge in [-0.1, -0.05) is 18.2 Å². The number of hydrazine groups is 1. The molecular formula is C29H35FN6O3. The first-order chi connectivity index (χ1) is 18.8. The Kier molecular flexibility index (Phi) is 7.97. The van der Waals surface area contributed by atoms with Crippen molar-refractivity contribution in [3.05, 3.63) is 78.3 Å². The van der Waals surface area contributed by atoms with Crippen LogP contribution in [0.15, 0.2) is 66.9 Å². The lowest BCUT2D eigenvalue weighted by molar-refractivity contribution is -0.132. The molecule has 0 aromatic heterocycles. The van der Waals surface area contributed by atoms with E-state index in [1.54, 1.807) is 18.2 Å². The minimum atomic E-state index is -0.477. The molecule has 2 fully saturated rings. The molecule has 5 rings (SSSR count). The number of amides is 2. The number of nitrogens with zero attached hydrogens (tertiary/aromatic N) is 3. The third kappa shape index (κ3) is 5.98. The smallest absolute Gasteiger partial charge is 0.257 e. The van der Waals surface area contributed by atoms with Crippen molar-refractivity contribution < 1.29 is 18.7 Å². The molecule has 0 saturated carbocycles. The molecule has 0 spiro atoms. The highest BCUT2D eigenvalue weighted by molar-refractivity contribution is 5.89. The Balaban J connectivity index is 1.36. The van der Waals surface area contributed by atoms with Gasteiger partial charge in [0.1, 0.15) is 23.4 Å². The number of halogens is 1. The molecule has 10 heteroatoms. The first-order valence-electron chi connectivity index (χ1n) is 13.2. The SMILES string of the molecule is CN(C)C/C=C/C(=O)N1CCCC(N2C=C(c3ccc(Oc4ccc(F)cc4)cc3)C3C(N)NNC(=O)C32)C1. The molecule has 2 saturated heterocycles. The second-order valence-corrected chi connectivity index (χ2v) is 10.5. The molecule has 4 atom stereocenters. The average molecular weight is 535 g/mol. The van der Waals surface area contributed by atoms with E-state index in [4.69, 9.17) is 10.5 Å². The summed E-state index contributed by atoms with van der Waals surface area (Å²) in [7, 11) is 3.92. The predicted molar refractivity (Wildman–Crippen MR) is 147 cm³/mol. The number of carbonyl (C=O) groups is 2.